The number of nitrogens with one attached hydrogen (secondary N) is 2. The summed E-state index contributed by atoms with van der Waals surface area (Å²) in [6.07, 6.45) is 4.13. The molecule has 0 aromatic carbocycles. The first kappa shape index (κ1) is 15.7. The lowest BCUT2D eigenvalue weighted by molar-refractivity contribution is 0.453. The quantitative estimate of drug-likeness (QED) is 0.853. The fourth-order valence-electron chi connectivity index (χ4n) is 2.29. The number of halogens is 2. The zero-order valence-electron chi connectivity index (χ0n) is 10.8. The van der Waals surface area contributed by atoms with Gasteiger partial charge in [-0.1, -0.05) is 17.4 Å². The van der Waals surface area contributed by atoms with Gasteiger partial charge in [0.15, 0.2) is 5.13 Å². The minimum absolute atomic E-state index is 0. The molecule has 0 aliphatic carbocycles. The number of piperidine rings is 1. The third kappa shape index (κ3) is 3.91. The molecule has 108 valence electrons. The van der Waals surface area contributed by atoms with Crippen LogP contribution < -0.4 is 10.6 Å². The first-order chi connectivity index (χ1) is 9.31. The van der Waals surface area contributed by atoms with Crippen LogP contribution in [0.15, 0.2) is 28.2 Å². The number of pyridine rings is 1. The van der Waals surface area contributed by atoms with Gasteiger partial charge in [-0.05, 0) is 54.0 Å². The van der Waals surface area contributed by atoms with Gasteiger partial charge in [-0.15, -0.1) is 12.4 Å². The van der Waals surface area contributed by atoms with Gasteiger partial charge in [-0.3, -0.25) is 0 Å². The van der Waals surface area contributed by atoms with Gasteiger partial charge in [0, 0.05) is 11.6 Å². The van der Waals surface area contributed by atoms with Crippen molar-refractivity contribution in [3.05, 3.63) is 33.9 Å². The molecule has 4 nitrogen and oxygen atoms in total. The van der Waals surface area contributed by atoms with Crippen LogP contribution in [-0.4, -0.2) is 23.1 Å². The average Bonchev–Trinajstić information content (AvgIpc) is 2.85. The van der Waals surface area contributed by atoms with Crippen LogP contribution in [0.2, 0.25) is 0 Å². The third-order valence-corrected chi connectivity index (χ3v) is 4.63. The molecule has 7 heteroatoms. The Labute approximate surface area is 137 Å². The highest BCUT2D eigenvalue weighted by atomic mass is 79.9. The Morgan fingerprint density at radius 3 is 2.80 bits per heavy atom. The van der Waals surface area contributed by atoms with Crippen LogP contribution in [0.4, 0.5) is 10.9 Å². The van der Waals surface area contributed by atoms with Crippen molar-refractivity contribution in [2.24, 2.45) is 0 Å². The number of hydrogen-bond donors (Lipinski definition) is 2. The second kappa shape index (κ2) is 7.36. The largest absolute Gasteiger partial charge is 0.317 e. The molecule has 1 saturated heterocycles. The maximum atomic E-state index is 4.71. The maximum absolute atomic E-state index is 4.71. The van der Waals surface area contributed by atoms with Crippen molar-refractivity contribution >= 4 is 50.6 Å². The fourth-order valence-corrected chi connectivity index (χ4v) is 3.40. The van der Waals surface area contributed by atoms with E-state index in [0.717, 1.165) is 27.8 Å². The van der Waals surface area contributed by atoms with Gasteiger partial charge in [-0.25, -0.2) is 9.97 Å². The number of thiazole rings is 1. The Kier molecular flexibility index (Phi) is 5.77. The fraction of sp³-hybridized carbons (Fsp3) is 0.385. The molecule has 0 saturated carbocycles. The van der Waals surface area contributed by atoms with E-state index in [4.69, 9.17) is 4.98 Å². The molecule has 0 amide bonds. The Morgan fingerprint density at radius 2 is 2.10 bits per heavy atom. The maximum Gasteiger partial charge on any atom is 0.189 e. The molecule has 1 fully saturated rings. The monoisotopic (exact) mass is 374 g/mol. The summed E-state index contributed by atoms with van der Waals surface area (Å²) in [5.41, 5.74) is 1.18. The van der Waals surface area contributed by atoms with Crippen LogP contribution in [0.25, 0.3) is 0 Å². The zero-order valence-corrected chi connectivity index (χ0v) is 14.0. The van der Waals surface area contributed by atoms with Crippen molar-refractivity contribution in [3.8, 4) is 0 Å². The predicted octanol–water partition coefficient (Wildman–Crippen LogP) is 3.93. The van der Waals surface area contributed by atoms with Gasteiger partial charge in [0.25, 0.3) is 0 Å². The summed E-state index contributed by atoms with van der Waals surface area (Å²) in [7, 11) is 0. The van der Waals surface area contributed by atoms with Crippen LogP contribution in [0.5, 0.6) is 0 Å². The first-order valence-electron chi connectivity index (χ1n) is 6.37. The molecule has 0 spiro atoms. The van der Waals surface area contributed by atoms with Crippen molar-refractivity contribution < 1.29 is 0 Å². The average molecular weight is 376 g/mol. The lowest BCUT2D eigenvalue weighted by Gasteiger charge is -2.22. The summed E-state index contributed by atoms with van der Waals surface area (Å²) in [5, 5.41) is 7.50. The van der Waals surface area contributed by atoms with Crippen molar-refractivity contribution in [2.45, 2.75) is 18.8 Å². The highest BCUT2D eigenvalue weighted by Crippen LogP contribution is 2.28. The number of hydrogen-bond acceptors (Lipinski definition) is 5. The van der Waals surface area contributed by atoms with E-state index in [1.54, 1.807) is 17.5 Å². The SMILES string of the molecule is Brc1cnc(Nc2cccc(C3CCNCC3)n2)s1.Cl. The van der Waals surface area contributed by atoms with Crippen LogP contribution >= 0.6 is 39.7 Å². The summed E-state index contributed by atoms with van der Waals surface area (Å²) in [4.78, 5) is 8.98. The smallest absolute Gasteiger partial charge is 0.189 e. The minimum atomic E-state index is 0. The topological polar surface area (TPSA) is 49.8 Å². The number of aromatic nitrogens is 2. The van der Waals surface area contributed by atoms with Crippen LogP contribution in [-0.2, 0) is 0 Å². The van der Waals surface area contributed by atoms with Crippen molar-refractivity contribution in [1.82, 2.24) is 15.3 Å². The molecule has 20 heavy (non-hydrogen) atoms. The standard InChI is InChI=1S/C13H15BrN4S.ClH/c14-11-8-16-13(19-11)18-12-3-1-2-10(17-12)9-4-6-15-7-5-9;/h1-3,8-9,15H,4-7H2,(H,16,17,18);1H. The van der Waals surface area contributed by atoms with Gasteiger partial charge in [0.1, 0.15) is 5.82 Å². The van der Waals surface area contributed by atoms with E-state index >= 15 is 0 Å². The van der Waals surface area contributed by atoms with E-state index < -0.39 is 0 Å². The first-order valence-corrected chi connectivity index (χ1v) is 7.98. The predicted molar refractivity (Wildman–Crippen MR) is 89.4 cm³/mol. The van der Waals surface area contributed by atoms with Gasteiger partial charge in [0.05, 0.1) is 9.98 Å². The van der Waals surface area contributed by atoms with Gasteiger partial charge in [-0.2, -0.15) is 0 Å². The molecule has 2 N–H and O–H groups in total. The third-order valence-electron chi connectivity index (χ3n) is 3.24. The molecule has 3 rings (SSSR count). The second-order valence-corrected chi connectivity index (χ2v) is 6.98. The Morgan fingerprint density at radius 1 is 1.30 bits per heavy atom. The Balaban J connectivity index is 0.00000147. The number of rotatable bonds is 3. The highest BCUT2D eigenvalue weighted by Gasteiger charge is 2.16. The Bertz CT molecular complexity index is 557. The van der Waals surface area contributed by atoms with Gasteiger partial charge >= 0.3 is 0 Å². The summed E-state index contributed by atoms with van der Waals surface area (Å²) in [6, 6.07) is 6.17. The van der Waals surface area contributed by atoms with Gasteiger partial charge < -0.3 is 10.6 Å². The summed E-state index contributed by atoms with van der Waals surface area (Å²) >= 11 is 4.98. The van der Waals surface area contributed by atoms with Gasteiger partial charge in [0.2, 0.25) is 0 Å². The van der Waals surface area contributed by atoms with E-state index in [0.29, 0.717) is 5.92 Å². The zero-order chi connectivity index (χ0) is 13.1. The van der Waals surface area contributed by atoms with Crippen LogP contribution in [0.3, 0.4) is 0 Å². The molecule has 0 atom stereocenters. The van der Waals surface area contributed by atoms with E-state index in [1.165, 1.54) is 18.5 Å². The molecule has 2 aromatic rings. The second-order valence-electron chi connectivity index (χ2n) is 4.57. The highest BCUT2D eigenvalue weighted by molar-refractivity contribution is 9.11. The molecule has 1 aliphatic heterocycles. The molecule has 0 radical (unpaired) electrons. The molecular formula is C13H16BrClN4S. The summed E-state index contributed by atoms with van der Waals surface area (Å²) < 4.78 is 1.02. The number of anilines is 2. The molecule has 0 unspecified atom stereocenters. The molecular weight excluding hydrogens is 360 g/mol. The van der Waals surface area contributed by atoms with E-state index in [1.807, 2.05) is 6.07 Å². The molecule has 2 aromatic heterocycles. The lowest BCUT2D eigenvalue weighted by atomic mass is 9.94. The normalized spacial score (nSPS) is 15.7. The van der Waals surface area contributed by atoms with E-state index in [2.05, 4.69) is 43.7 Å². The van der Waals surface area contributed by atoms with Crippen LogP contribution in [0, 0.1) is 0 Å². The molecule has 1 aliphatic rings. The van der Waals surface area contributed by atoms with E-state index in [-0.39, 0.29) is 12.4 Å². The number of nitrogens with zero attached hydrogens (tertiary/aromatic N) is 2. The molecule has 0 bridgehead atoms. The lowest BCUT2D eigenvalue weighted by Crippen LogP contribution is -2.27. The van der Waals surface area contributed by atoms with Crippen LogP contribution in [0.1, 0.15) is 24.5 Å². The van der Waals surface area contributed by atoms with Crippen molar-refractivity contribution in [3.63, 3.8) is 0 Å². The summed E-state index contributed by atoms with van der Waals surface area (Å²) in [6.45, 7) is 2.17. The van der Waals surface area contributed by atoms with Crippen molar-refractivity contribution in [2.75, 3.05) is 18.4 Å². The Hall–Kier alpha value is -0.690. The summed E-state index contributed by atoms with van der Waals surface area (Å²) in [5.74, 6) is 1.45. The van der Waals surface area contributed by atoms with E-state index in [9.17, 15) is 0 Å². The van der Waals surface area contributed by atoms with Crippen molar-refractivity contribution in [1.29, 1.82) is 0 Å². The molecule has 3 heterocycles. The minimum Gasteiger partial charge on any atom is -0.317 e.